The molecule has 2 aliphatic rings. The predicted octanol–water partition coefficient (Wildman–Crippen LogP) is 5.57. The summed E-state index contributed by atoms with van der Waals surface area (Å²) >= 11 is 12.7. The van der Waals surface area contributed by atoms with Crippen molar-refractivity contribution in [3.05, 3.63) is 101 Å². The summed E-state index contributed by atoms with van der Waals surface area (Å²) in [5.41, 5.74) is 4.45. The van der Waals surface area contributed by atoms with Crippen LogP contribution in [0.3, 0.4) is 0 Å². The first-order valence-electron chi connectivity index (χ1n) is 13.4. The van der Waals surface area contributed by atoms with Gasteiger partial charge in [0.15, 0.2) is 0 Å². The molecule has 208 valence electrons. The molecule has 3 aromatic carbocycles. The van der Waals surface area contributed by atoms with Crippen molar-refractivity contribution in [2.45, 2.75) is 25.4 Å². The van der Waals surface area contributed by atoms with E-state index in [0.717, 1.165) is 31.9 Å². The summed E-state index contributed by atoms with van der Waals surface area (Å²) in [6, 6.07) is 22.3. The van der Waals surface area contributed by atoms with Crippen molar-refractivity contribution in [3.8, 4) is 5.75 Å². The van der Waals surface area contributed by atoms with E-state index >= 15 is 0 Å². The van der Waals surface area contributed by atoms with E-state index in [4.69, 9.17) is 37.4 Å². The Labute approximate surface area is 244 Å². The highest BCUT2D eigenvalue weighted by atomic mass is 35.5. The fourth-order valence-electron chi connectivity index (χ4n) is 5.20. The lowest BCUT2D eigenvalue weighted by Crippen LogP contribution is -2.46. The molecule has 0 N–H and O–H groups in total. The van der Waals surface area contributed by atoms with Gasteiger partial charge in [-0.1, -0.05) is 47.0 Å². The van der Waals surface area contributed by atoms with Gasteiger partial charge in [0, 0.05) is 48.1 Å². The fraction of sp³-hybridized carbons (Fsp3) is 0.333. The number of ether oxygens (including phenoxy) is 3. The van der Waals surface area contributed by atoms with Crippen LogP contribution >= 0.6 is 23.2 Å². The molecule has 1 aromatic heterocycles. The van der Waals surface area contributed by atoms with E-state index in [1.54, 1.807) is 23.1 Å². The number of aromatic nitrogens is 3. The molecule has 0 radical (unpaired) electrons. The number of hydrogen-bond donors (Lipinski definition) is 0. The third-order valence-electron chi connectivity index (χ3n) is 7.35. The van der Waals surface area contributed by atoms with Crippen molar-refractivity contribution in [3.63, 3.8) is 0 Å². The maximum absolute atomic E-state index is 6.56. The largest absolute Gasteiger partial charge is 0.491 e. The van der Waals surface area contributed by atoms with Gasteiger partial charge < -0.3 is 24.0 Å². The van der Waals surface area contributed by atoms with Crippen LogP contribution in [0.2, 0.25) is 10.0 Å². The Bertz CT molecular complexity index is 1410. The van der Waals surface area contributed by atoms with Crippen molar-refractivity contribution in [1.29, 1.82) is 0 Å². The molecule has 2 atom stereocenters. The minimum atomic E-state index is -1.13. The normalized spacial score (nSPS) is 21.1. The number of rotatable bonds is 8. The first kappa shape index (κ1) is 26.9. The van der Waals surface area contributed by atoms with Crippen molar-refractivity contribution in [2.75, 3.05) is 49.2 Å². The minimum absolute atomic E-state index is 0.288. The summed E-state index contributed by atoms with van der Waals surface area (Å²) in [5, 5.41) is 5.23. The van der Waals surface area contributed by atoms with E-state index < -0.39 is 5.79 Å². The Morgan fingerprint density at radius 3 is 2.23 bits per heavy atom. The molecule has 0 bridgehead atoms. The average molecular weight is 581 g/mol. The average Bonchev–Trinajstić information content (AvgIpc) is 3.63. The molecule has 40 heavy (non-hydrogen) atoms. The van der Waals surface area contributed by atoms with Gasteiger partial charge >= 0.3 is 0 Å². The van der Waals surface area contributed by atoms with Crippen molar-refractivity contribution in [2.24, 2.45) is 0 Å². The third kappa shape index (κ3) is 5.90. The standard InChI is InChI=1S/C30H31Cl2N5O3/c1-22-2-5-24(6-3-22)35-12-14-36(15-13-35)25-7-9-26(10-8-25)38-17-27-18-39-30(40-27,19-37-21-33-20-34-37)28-11-4-23(31)16-29(28)32/h2-11,16,20-21,27H,12-15,17-19H2,1H3. The summed E-state index contributed by atoms with van der Waals surface area (Å²) in [5.74, 6) is -0.350. The molecule has 6 rings (SSSR count). The first-order valence-corrected chi connectivity index (χ1v) is 14.1. The molecular formula is C30H31Cl2N5O3. The summed E-state index contributed by atoms with van der Waals surface area (Å²) < 4.78 is 20.5. The second-order valence-corrected chi connectivity index (χ2v) is 11.0. The zero-order valence-corrected chi connectivity index (χ0v) is 23.8. The highest BCUT2D eigenvalue weighted by Crippen LogP contribution is 2.40. The van der Waals surface area contributed by atoms with E-state index in [0.29, 0.717) is 28.8 Å². The quantitative estimate of drug-likeness (QED) is 0.270. The number of hydrogen-bond acceptors (Lipinski definition) is 7. The van der Waals surface area contributed by atoms with Crippen molar-refractivity contribution < 1.29 is 14.2 Å². The van der Waals surface area contributed by atoms with E-state index in [9.17, 15) is 0 Å². The van der Waals surface area contributed by atoms with E-state index in [1.165, 1.54) is 23.3 Å². The van der Waals surface area contributed by atoms with Gasteiger partial charge in [-0.25, -0.2) is 9.67 Å². The number of piperazine rings is 1. The number of nitrogens with zero attached hydrogens (tertiary/aromatic N) is 5. The van der Waals surface area contributed by atoms with Crippen molar-refractivity contribution >= 4 is 34.6 Å². The molecule has 0 spiro atoms. The molecule has 8 nitrogen and oxygen atoms in total. The van der Waals surface area contributed by atoms with Crippen LogP contribution in [0.5, 0.6) is 5.75 Å². The first-order chi connectivity index (χ1) is 19.5. The molecular weight excluding hydrogens is 549 g/mol. The molecule has 3 heterocycles. The highest BCUT2D eigenvalue weighted by molar-refractivity contribution is 6.35. The summed E-state index contributed by atoms with van der Waals surface area (Å²) in [7, 11) is 0. The fourth-order valence-corrected chi connectivity index (χ4v) is 5.76. The lowest BCUT2D eigenvalue weighted by molar-refractivity contribution is -0.190. The third-order valence-corrected chi connectivity index (χ3v) is 7.90. The van der Waals surface area contributed by atoms with E-state index in [2.05, 4.69) is 63.2 Å². The summed E-state index contributed by atoms with van der Waals surface area (Å²) in [6.07, 6.45) is 2.79. The maximum atomic E-state index is 6.56. The van der Waals surface area contributed by atoms with E-state index in [1.807, 2.05) is 18.2 Å². The van der Waals surface area contributed by atoms with Gasteiger partial charge in [0.1, 0.15) is 37.7 Å². The smallest absolute Gasteiger partial charge is 0.217 e. The van der Waals surface area contributed by atoms with Gasteiger partial charge in [-0.15, -0.1) is 0 Å². The number of halogens is 2. The van der Waals surface area contributed by atoms with E-state index in [-0.39, 0.29) is 12.6 Å². The lowest BCUT2D eigenvalue weighted by atomic mass is 10.1. The molecule has 4 aromatic rings. The molecule has 2 unspecified atom stereocenters. The SMILES string of the molecule is Cc1ccc(N2CCN(c3ccc(OCC4COC(Cn5cncn5)(c5ccc(Cl)cc5Cl)O4)cc3)CC2)cc1. The van der Waals surface area contributed by atoms with Gasteiger partial charge in [0.25, 0.3) is 0 Å². The Morgan fingerprint density at radius 2 is 1.60 bits per heavy atom. The second kappa shape index (κ2) is 11.7. The Hall–Kier alpha value is -3.30. The van der Waals surface area contributed by atoms with Crippen LogP contribution in [-0.4, -0.2) is 60.3 Å². The molecule has 0 aliphatic carbocycles. The summed E-state index contributed by atoms with van der Waals surface area (Å²) in [4.78, 5) is 8.89. The van der Waals surface area contributed by atoms with Gasteiger partial charge in [-0.05, 0) is 55.5 Å². The van der Waals surface area contributed by atoms with Gasteiger partial charge in [0.05, 0.1) is 11.6 Å². The maximum Gasteiger partial charge on any atom is 0.217 e. The molecule has 0 saturated carbocycles. The van der Waals surface area contributed by atoms with Crippen LogP contribution < -0.4 is 14.5 Å². The van der Waals surface area contributed by atoms with Gasteiger partial charge in [-0.3, -0.25) is 0 Å². The van der Waals surface area contributed by atoms with Crippen LogP contribution in [0.25, 0.3) is 0 Å². The molecule has 2 saturated heterocycles. The Kier molecular flexibility index (Phi) is 7.85. The molecule has 0 amide bonds. The topological polar surface area (TPSA) is 64.9 Å². The Morgan fingerprint density at radius 1 is 0.925 bits per heavy atom. The Balaban J connectivity index is 1.06. The zero-order chi connectivity index (χ0) is 27.5. The number of aryl methyl sites for hydroxylation is 1. The molecule has 10 heteroatoms. The van der Waals surface area contributed by atoms with Crippen LogP contribution in [0.1, 0.15) is 11.1 Å². The molecule has 2 aliphatic heterocycles. The highest BCUT2D eigenvalue weighted by Gasteiger charge is 2.45. The minimum Gasteiger partial charge on any atom is -0.491 e. The van der Waals surface area contributed by atoms with Gasteiger partial charge in [-0.2, -0.15) is 5.10 Å². The van der Waals surface area contributed by atoms with Crippen LogP contribution in [0.4, 0.5) is 11.4 Å². The lowest BCUT2D eigenvalue weighted by Gasteiger charge is -2.37. The predicted molar refractivity (Wildman–Crippen MR) is 157 cm³/mol. The van der Waals surface area contributed by atoms with Crippen LogP contribution in [-0.2, 0) is 21.8 Å². The summed E-state index contributed by atoms with van der Waals surface area (Å²) in [6.45, 7) is 7.02. The van der Waals surface area contributed by atoms with Crippen molar-refractivity contribution in [1.82, 2.24) is 14.8 Å². The monoisotopic (exact) mass is 579 g/mol. The van der Waals surface area contributed by atoms with Crippen LogP contribution in [0, 0.1) is 6.92 Å². The second-order valence-electron chi connectivity index (χ2n) is 10.1. The van der Waals surface area contributed by atoms with Gasteiger partial charge in [0.2, 0.25) is 5.79 Å². The zero-order valence-electron chi connectivity index (χ0n) is 22.2. The number of benzene rings is 3. The number of anilines is 2. The van der Waals surface area contributed by atoms with Crippen LogP contribution in [0.15, 0.2) is 79.4 Å². The molecule has 2 fully saturated rings.